The molecule has 0 saturated carbocycles. The third-order valence-corrected chi connectivity index (χ3v) is 3.92. The van der Waals surface area contributed by atoms with Crippen LogP contribution < -0.4 is 15.2 Å². The van der Waals surface area contributed by atoms with Gasteiger partial charge in [0.2, 0.25) is 0 Å². The quantitative estimate of drug-likeness (QED) is 0.660. The van der Waals surface area contributed by atoms with Crippen molar-refractivity contribution in [2.45, 2.75) is 6.42 Å². The number of rotatable bonds is 7. The van der Waals surface area contributed by atoms with Crippen LogP contribution in [-0.2, 0) is 0 Å². The lowest BCUT2D eigenvalue weighted by molar-refractivity contribution is 0.248. The fourth-order valence-electron chi connectivity index (χ4n) is 2.16. The van der Waals surface area contributed by atoms with Crippen LogP contribution in [0.1, 0.15) is 6.42 Å². The van der Waals surface area contributed by atoms with Gasteiger partial charge in [-0.3, -0.25) is 0 Å². The van der Waals surface area contributed by atoms with Gasteiger partial charge < -0.3 is 15.2 Å². The van der Waals surface area contributed by atoms with E-state index in [1.807, 2.05) is 60.0 Å². The molecule has 0 atom stereocenters. The van der Waals surface area contributed by atoms with Crippen molar-refractivity contribution >= 4 is 16.5 Å². The summed E-state index contributed by atoms with van der Waals surface area (Å²) in [5.74, 6) is 1.70. The molecule has 0 unspecified atom stereocenters. The fourth-order valence-corrected chi connectivity index (χ4v) is 2.73. The Morgan fingerprint density at radius 2 is 1.65 bits per heavy atom. The number of benzene rings is 2. The van der Waals surface area contributed by atoms with Crippen LogP contribution in [-0.4, -0.2) is 18.2 Å². The van der Waals surface area contributed by atoms with Crippen LogP contribution in [0.15, 0.2) is 60.0 Å². The molecule has 0 saturated heterocycles. The smallest absolute Gasteiger partial charge is 0.180 e. The van der Waals surface area contributed by atoms with Crippen molar-refractivity contribution in [3.05, 3.63) is 60.0 Å². The normalized spacial score (nSPS) is 10.4. The van der Waals surface area contributed by atoms with Crippen LogP contribution >= 0.6 is 11.3 Å². The molecule has 1 heterocycles. The zero-order chi connectivity index (χ0) is 15.9. The molecule has 0 aliphatic heterocycles. The van der Waals surface area contributed by atoms with Gasteiger partial charge in [-0.1, -0.05) is 30.3 Å². The van der Waals surface area contributed by atoms with Gasteiger partial charge in [-0.25, -0.2) is 4.98 Å². The number of aromatic nitrogens is 1. The number of hydrogen-bond acceptors (Lipinski definition) is 5. The molecule has 2 N–H and O–H groups in total. The number of nitrogens with two attached hydrogens (primary N) is 1. The van der Waals surface area contributed by atoms with E-state index in [-0.39, 0.29) is 0 Å². The van der Waals surface area contributed by atoms with Gasteiger partial charge in [0.05, 0.1) is 18.9 Å². The molecular weight excluding hydrogens is 308 g/mol. The number of hydrogen-bond donors (Lipinski definition) is 1. The van der Waals surface area contributed by atoms with Crippen molar-refractivity contribution in [1.82, 2.24) is 4.98 Å². The number of nitrogen functional groups attached to an aromatic ring is 1. The fraction of sp³-hybridized carbons (Fsp3) is 0.167. The maximum atomic E-state index is 5.88. The maximum absolute atomic E-state index is 5.88. The lowest BCUT2D eigenvalue weighted by atomic mass is 10.1. The second kappa shape index (κ2) is 7.65. The molecule has 3 rings (SSSR count). The molecule has 0 radical (unpaired) electrons. The van der Waals surface area contributed by atoms with Crippen molar-refractivity contribution in [3.8, 4) is 22.8 Å². The van der Waals surface area contributed by atoms with Crippen LogP contribution in [0.5, 0.6) is 11.5 Å². The van der Waals surface area contributed by atoms with Crippen molar-refractivity contribution < 1.29 is 9.47 Å². The van der Waals surface area contributed by atoms with E-state index < -0.39 is 0 Å². The van der Waals surface area contributed by atoms with E-state index in [1.165, 1.54) is 11.3 Å². The van der Waals surface area contributed by atoms with Crippen molar-refractivity contribution in [3.63, 3.8) is 0 Å². The summed E-state index contributed by atoms with van der Waals surface area (Å²) in [6, 6.07) is 17.6. The summed E-state index contributed by atoms with van der Waals surface area (Å²) >= 11 is 1.43. The number of para-hydroxylation sites is 2. The van der Waals surface area contributed by atoms with Gasteiger partial charge in [0, 0.05) is 17.4 Å². The predicted molar refractivity (Wildman–Crippen MR) is 94.0 cm³/mol. The highest BCUT2D eigenvalue weighted by atomic mass is 32.1. The summed E-state index contributed by atoms with van der Waals surface area (Å²) in [6.07, 6.45) is 0.808. The minimum absolute atomic E-state index is 0.561. The molecule has 0 bridgehead atoms. The highest BCUT2D eigenvalue weighted by Crippen LogP contribution is 2.31. The maximum Gasteiger partial charge on any atom is 0.180 e. The van der Waals surface area contributed by atoms with E-state index in [1.54, 1.807) is 0 Å². The molecule has 2 aromatic carbocycles. The zero-order valence-electron chi connectivity index (χ0n) is 12.6. The molecule has 5 heteroatoms. The molecule has 0 aliphatic rings. The van der Waals surface area contributed by atoms with Crippen molar-refractivity contribution in [2.24, 2.45) is 0 Å². The van der Waals surface area contributed by atoms with E-state index in [9.17, 15) is 0 Å². The summed E-state index contributed by atoms with van der Waals surface area (Å²) in [7, 11) is 0. The SMILES string of the molecule is Nc1nc(-c2ccccc2OCCCOc2ccccc2)cs1. The van der Waals surface area contributed by atoms with Crippen molar-refractivity contribution in [1.29, 1.82) is 0 Å². The Bertz CT molecular complexity index is 744. The Morgan fingerprint density at radius 1 is 0.913 bits per heavy atom. The number of anilines is 1. The summed E-state index contributed by atoms with van der Waals surface area (Å²) in [5, 5.41) is 2.50. The Labute approximate surface area is 139 Å². The van der Waals surface area contributed by atoms with E-state index in [0.717, 1.165) is 29.2 Å². The summed E-state index contributed by atoms with van der Waals surface area (Å²) in [5.41, 5.74) is 7.52. The van der Waals surface area contributed by atoms with Gasteiger partial charge in [-0.05, 0) is 24.3 Å². The lowest BCUT2D eigenvalue weighted by Gasteiger charge is -2.10. The second-order valence-corrected chi connectivity index (χ2v) is 5.82. The number of ether oxygens (including phenoxy) is 2. The largest absolute Gasteiger partial charge is 0.493 e. The highest BCUT2D eigenvalue weighted by Gasteiger charge is 2.08. The van der Waals surface area contributed by atoms with Crippen LogP contribution in [0.3, 0.4) is 0 Å². The van der Waals surface area contributed by atoms with E-state index in [4.69, 9.17) is 15.2 Å². The second-order valence-electron chi connectivity index (χ2n) is 4.93. The first-order valence-corrected chi connectivity index (χ1v) is 8.32. The van der Waals surface area contributed by atoms with Crippen LogP contribution in [0.4, 0.5) is 5.13 Å². The molecule has 0 amide bonds. The van der Waals surface area contributed by atoms with Crippen LogP contribution in [0.25, 0.3) is 11.3 Å². The molecule has 1 aromatic heterocycles. The van der Waals surface area contributed by atoms with E-state index in [2.05, 4.69) is 4.98 Å². The van der Waals surface area contributed by atoms with Crippen LogP contribution in [0.2, 0.25) is 0 Å². The molecular formula is C18H18N2O2S. The topological polar surface area (TPSA) is 57.4 Å². The number of nitrogens with zero attached hydrogens (tertiary/aromatic N) is 1. The lowest BCUT2D eigenvalue weighted by Crippen LogP contribution is -2.05. The van der Waals surface area contributed by atoms with Crippen LogP contribution in [0, 0.1) is 0 Å². The van der Waals surface area contributed by atoms with Gasteiger partial charge >= 0.3 is 0 Å². The molecule has 23 heavy (non-hydrogen) atoms. The summed E-state index contributed by atoms with van der Waals surface area (Å²) in [4.78, 5) is 4.32. The summed E-state index contributed by atoms with van der Waals surface area (Å²) < 4.78 is 11.5. The van der Waals surface area contributed by atoms with E-state index in [0.29, 0.717) is 18.3 Å². The Hall–Kier alpha value is -2.53. The standard InChI is InChI=1S/C18H18N2O2S/c19-18-20-16(13-23-18)15-9-4-5-10-17(15)22-12-6-11-21-14-7-2-1-3-8-14/h1-5,7-10,13H,6,11-12H2,(H2,19,20). The Balaban J connectivity index is 1.53. The zero-order valence-corrected chi connectivity index (χ0v) is 13.5. The molecule has 0 aliphatic carbocycles. The third kappa shape index (κ3) is 4.23. The first kappa shape index (κ1) is 15.4. The number of thiazole rings is 1. The molecule has 0 spiro atoms. The Kier molecular flexibility index (Phi) is 5.11. The predicted octanol–water partition coefficient (Wildman–Crippen LogP) is 4.24. The minimum atomic E-state index is 0.561. The average molecular weight is 326 g/mol. The molecule has 0 fully saturated rings. The first-order valence-electron chi connectivity index (χ1n) is 7.44. The van der Waals surface area contributed by atoms with E-state index >= 15 is 0 Å². The molecule has 118 valence electrons. The van der Waals surface area contributed by atoms with Gasteiger partial charge in [0.25, 0.3) is 0 Å². The molecule has 4 nitrogen and oxygen atoms in total. The average Bonchev–Trinajstić information content (AvgIpc) is 3.02. The van der Waals surface area contributed by atoms with Crippen molar-refractivity contribution in [2.75, 3.05) is 18.9 Å². The minimum Gasteiger partial charge on any atom is -0.493 e. The van der Waals surface area contributed by atoms with Gasteiger partial charge in [-0.15, -0.1) is 11.3 Å². The first-order chi connectivity index (χ1) is 11.3. The van der Waals surface area contributed by atoms with Gasteiger partial charge in [0.15, 0.2) is 5.13 Å². The van der Waals surface area contributed by atoms with Gasteiger partial charge in [-0.2, -0.15) is 0 Å². The summed E-state index contributed by atoms with van der Waals surface area (Å²) in [6.45, 7) is 1.21. The molecule has 3 aromatic rings. The van der Waals surface area contributed by atoms with Gasteiger partial charge in [0.1, 0.15) is 11.5 Å². The monoisotopic (exact) mass is 326 g/mol. The highest BCUT2D eigenvalue weighted by molar-refractivity contribution is 7.13. The Morgan fingerprint density at radius 3 is 2.43 bits per heavy atom. The third-order valence-electron chi connectivity index (χ3n) is 3.24.